The van der Waals surface area contributed by atoms with Crippen LogP contribution in [0.2, 0.25) is 0 Å². The summed E-state index contributed by atoms with van der Waals surface area (Å²) in [6.45, 7) is 0.435. The van der Waals surface area contributed by atoms with E-state index in [-0.39, 0.29) is 30.3 Å². The lowest BCUT2D eigenvalue weighted by Gasteiger charge is -2.14. The summed E-state index contributed by atoms with van der Waals surface area (Å²) >= 11 is 3.30. The summed E-state index contributed by atoms with van der Waals surface area (Å²) in [5, 5.41) is 0. The monoisotopic (exact) mass is 336 g/mol. The zero-order valence-corrected chi connectivity index (χ0v) is 12.3. The Morgan fingerprint density at radius 3 is 2.60 bits per heavy atom. The van der Waals surface area contributed by atoms with Gasteiger partial charge < -0.3 is 4.90 Å². The number of imide groups is 1. The van der Waals surface area contributed by atoms with Crippen LogP contribution in [0.3, 0.4) is 0 Å². The van der Waals surface area contributed by atoms with Gasteiger partial charge in [0.15, 0.2) is 5.78 Å². The predicted molar refractivity (Wildman–Crippen MR) is 75.3 cm³/mol. The first kappa shape index (κ1) is 13.3. The van der Waals surface area contributed by atoms with Crippen molar-refractivity contribution in [3.05, 3.63) is 34.3 Å². The number of urea groups is 1. The number of fused-ring (bicyclic) bond motifs is 1. The van der Waals surface area contributed by atoms with Crippen LogP contribution in [0.5, 0.6) is 0 Å². The number of halogens is 1. The highest BCUT2D eigenvalue weighted by molar-refractivity contribution is 9.10. The fourth-order valence-electron chi connectivity index (χ4n) is 2.70. The van der Waals surface area contributed by atoms with Gasteiger partial charge in [-0.15, -0.1) is 0 Å². The number of amides is 3. The maximum Gasteiger partial charge on any atom is 0.327 e. The number of hydrogen-bond acceptors (Lipinski definition) is 3. The molecule has 0 aliphatic carbocycles. The number of rotatable bonds is 3. The van der Waals surface area contributed by atoms with Crippen LogP contribution in [-0.2, 0) is 4.79 Å². The first-order valence-corrected chi connectivity index (χ1v) is 7.28. The van der Waals surface area contributed by atoms with Gasteiger partial charge in [0, 0.05) is 16.6 Å². The van der Waals surface area contributed by atoms with Gasteiger partial charge in [0.1, 0.15) is 6.04 Å². The zero-order chi connectivity index (χ0) is 14.3. The van der Waals surface area contributed by atoms with Crippen molar-refractivity contribution in [2.45, 2.75) is 18.9 Å². The number of ketones is 1. The van der Waals surface area contributed by atoms with E-state index < -0.39 is 0 Å². The van der Waals surface area contributed by atoms with E-state index in [1.807, 2.05) is 0 Å². The van der Waals surface area contributed by atoms with E-state index in [4.69, 9.17) is 0 Å². The number of nitrogens with zero attached hydrogens (tertiary/aromatic N) is 2. The molecule has 2 heterocycles. The minimum atomic E-state index is -0.347. The highest BCUT2D eigenvalue weighted by Gasteiger charge is 2.47. The molecule has 0 saturated carbocycles. The number of Topliss-reactive ketones (excluding diaryl/α,β-unsaturated/α-hetero) is 1. The summed E-state index contributed by atoms with van der Waals surface area (Å²) in [4.78, 5) is 39.0. The predicted octanol–water partition coefficient (Wildman–Crippen LogP) is 2.06. The molecular formula is C14H13BrN2O3. The minimum Gasteiger partial charge on any atom is -0.312 e. The Kier molecular flexibility index (Phi) is 3.33. The van der Waals surface area contributed by atoms with Crippen molar-refractivity contribution in [3.8, 4) is 0 Å². The average Bonchev–Trinajstić information content (AvgIpc) is 2.99. The first-order valence-electron chi connectivity index (χ1n) is 6.48. The zero-order valence-electron chi connectivity index (χ0n) is 10.7. The van der Waals surface area contributed by atoms with Crippen LogP contribution in [0.4, 0.5) is 4.79 Å². The summed E-state index contributed by atoms with van der Waals surface area (Å²) in [6.07, 6.45) is 1.56. The SMILES string of the molecule is O=C(CN1C(=O)[C@H]2CCCN2C1=O)c1ccc(Br)cc1. The Morgan fingerprint density at radius 2 is 1.95 bits per heavy atom. The lowest BCUT2D eigenvalue weighted by molar-refractivity contribution is -0.127. The summed E-state index contributed by atoms with van der Waals surface area (Å²) in [5.74, 6) is -0.460. The topological polar surface area (TPSA) is 57.7 Å². The van der Waals surface area contributed by atoms with Gasteiger partial charge in [0.25, 0.3) is 5.91 Å². The molecule has 3 amide bonds. The van der Waals surface area contributed by atoms with E-state index in [9.17, 15) is 14.4 Å². The van der Waals surface area contributed by atoms with E-state index >= 15 is 0 Å². The summed E-state index contributed by atoms with van der Waals surface area (Å²) in [7, 11) is 0. The molecule has 0 N–H and O–H groups in total. The highest BCUT2D eigenvalue weighted by Crippen LogP contribution is 2.27. The molecule has 0 aromatic heterocycles. The number of carbonyl (C=O) groups is 3. The Morgan fingerprint density at radius 1 is 1.25 bits per heavy atom. The molecule has 0 spiro atoms. The second-order valence-electron chi connectivity index (χ2n) is 4.99. The number of hydrogen-bond donors (Lipinski definition) is 0. The molecular weight excluding hydrogens is 324 g/mol. The van der Waals surface area contributed by atoms with Crippen LogP contribution >= 0.6 is 15.9 Å². The number of carbonyl (C=O) groups excluding carboxylic acids is 3. The van der Waals surface area contributed by atoms with E-state index in [1.165, 1.54) is 0 Å². The van der Waals surface area contributed by atoms with Gasteiger partial charge in [-0.1, -0.05) is 28.1 Å². The van der Waals surface area contributed by atoms with Crippen molar-refractivity contribution in [3.63, 3.8) is 0 Å². The lowest BCUT2D eigenvalue weighted by atomic mass is 10.1. The van der Waals surface area contributed by atoms with Crippen molar-refractivity contribution in [1.82, 2.24) is 9.80 Å². The summed E-state index contributed by atoms with van der Waals surface area (Å²) < 4.78 is 0.878. The third kappa shape index (κ3) is 2.14. The molecule has 3 rings (SSSR count). The van der Waals surface area contributed by atoms with E-state index in [2.05, 4.69) is 15.9 Å². The standard InChI is InChI=1S/C14H13BrN2O3/c15-10-5-3-9(4-6-10)12(18)8-17-13(19)11-2-1-7-16(11)14(17)20/h3-6,11H,1-2,7-8H2/t11-/m1/s1. The third-order valence-electron chi connectivity index (χ3n) is 3.75. The second-order valence-corrected chi connectivity index (χ2v) is 5.90. The highest BCUT2D eigenvalue weighted by atomic mass is 79.9. The average molecular weight is 337 g/mol. The maximum atomic E-state index is 12.1. The van der Waals surface area contributed by atoms with E-state index in [1.54, 1.807) is 29.2 Å². The molecule has 0 radical (unpaired) electrons. The smallest absolute Gasteiger partial charge is 0.312 e. The van der Waals surface area contributed by atoms with Gasteiger partial charge in [0.05, 0.1) is 6.54 Å². The third-order valence-corrected chi connectivity index (χ3v) is 4.28. The van der Waals surface area contributed by atoms with Crippen LogP contribution in [0.25, 0.3) is 0 Å². The van der Waals surface area contributed by atoms with Gasteiger partial charge in [-0.05, 0) is 25.0 Å². The maximum absolute atomic E-state index is 12.1. The fourth-order valence-corrected chi connectivity index (χ4v) is 2.96. The minimum absolute atomic E-state index is 0.174. The van der Waals surface area contributed by atoms with Gasteiger partial charge in [-0.3, -0.25) is 14.5 Å². The molecule has 0 unspecified atom stereocenters. The quantitative estimate of drug-likeness (QED) is 0.627. The summed E-state index contributed by atoms with van der Waals surface area (Å²) in [6, 6.07) is 6.21. The molecule has 2 saturated heterocycles. The summed E-state index contributed by atoms with van der Waals surface area (Å²) in [5.41, 5.74) is 0.501. The molecule has 20 heavy (non-hydrogen) atoms. The van der Waals surface area contributed by atoms with E-state index in [0.29, 0.717) is 18.5 Å². The lowest BCUT2D eigenvalue weighted by Crippen LogP contribution is -2.37. The first-order chi connectivity index (χ1) is 9.58. The molecule has 6 heteroatoms. The van der Waals surface area contributed by atoms with Crippen LogP contribution in [-0.4, -0.2) is 46.7 Å². The largest absolute Gasteiger partial charge is 0.327 e. The van der Waals surface area contributed by atoms with Crippen molar-refractivity contribution < 1.29 is 14.4 Å². The van der Waals surface area contributed by atoms with Crippen molar-refractivity contribution in [2.75, 3.05) is 13.1 Å². The Hall–Kier alpha value is -1.69. The Bertz CT molecular complexity index is 563. The molecule has 2 fully saturated rings. The molecule has 1 aromatic carbocycles. The molecule has 0 bridgehead atoms. The second kappa shape index (κ2) is 5.01. The van der Waals surface area contributed by atoms with E-state index in [0.717, 1.165) is 15.8 Å². The number of benzene rings is 1. The molecule has 5 nitrogen and oxygen atoms in total. The van der Waals surface area contributed by atoms with Gasteiger partial charge in [-0.2, -0.15) is 0 Å². The fraction of sp³-hybridized carbons (Fsp3) is 0.357. The van der Waals surface area contributed by atoms with Crippen molar-refractivity contribution >= 4 is 33.7 Å². The molecule has 2 aliphatic rings. The Balaban J connectivity index is 1.75. The normalized spacial score (nSPS) is 21.6. The van der Waals surface area contributed by atoms with Crippen LogP contribution in [0, 0.1) is 0 Å². The molecule has 1 atom stereocenters. The van der Waals surface area contributed by atoms with Crippen molar-refractivity contribution in [1.29, 1.82) is 0 Å². The van der Waals surface area contributed by atoms with Crippen LogP contribution < -0.4 is 0 Å². The molecule has 2 aliphatic heterocycles. The van der Waals surface area contributed by atoms with Gasteiger partial charge in [0.2, 0.25) is 0 Å². The van der Waals surface area contributed by atoms with Crippen LogP contribution in [0.1, 0.15) is 23.2 Å². The Labute approximate surface area is 124 Å². The van der Waals surface area contributed by atoms with Gasteiger partial charge in [-0.25, -0.2) is 4.79 Å². The van der Waals surface area contributed by atoms with Crippen molar-refractivity contribution in [2.24, 2.45) is 0 Å². The molecule has 104 valence electrons. The van der Waals surface area contributed by atoms with Gasteiger partial charge >= 0.3 is 6.03 Å². The van der Waals surface area contributed by atoms with Crippen LogP contribution in [0.15, 0.2) is 28.7 Å². The molecule has 1 aromatic rings.